The van der Waals surface area contributed by atoms with Gasteiger partial charge < -0.3 is 14.5 Å². The SMILES string of the molecule is CCOC(=O)c1c(C)[nH]c(C(=O)OCC(C)=O)c1C. The molecule has 19 heavy (non-hydrogen) atoms. The number of esters is 2. The van der Waals surface area contributed by atoms with Crippen molar-refractivity contribution in [1.29, 1.82) is 0 Å². The van der Waals surface area contributed by atoms with Crippen LogP contribution in [0.2, 0.25) is 0 Å². The Morgan fingerprint density at radius 1 is 1.11 bits per heavy atom. The van der Waals surface area contributed by atoms with Crippen molar-refractivity contribution in [3.8, 4) is 0 Å². The lowest BCUT2D eigenvalue weighted by Gasteiger charge is -2.03. The highest BCUT2D eigenvalue weighted by molar-refractivity contribution is 5.99. The second kappa shape index (κ2) is 6.17. The van der Waals surface area contributed by atoms with Gasteiger partial charge in [0.1, 0.15) is 12.3 Å². The monoisotopic (exact) mass is 267 g/mol. The predicted octanol–water partition coefficient (Wildman–Crippen LogP) is 1.55. The molecule has 104 valence electrons. The number of H-pyrrole nitrogens is 1. The molecule has 6 nitrogen and oxygen atoms in total. The Morgan fingerprint density at radius 2 is 1.74 bits per heavy atom. The van der Waals surface area contributed by atoms with Crippen molar-refractivity contribution in [1.82, 2.24) is 4.98 Å². The highest BCUT2D eigenvalue weighted by Gasteiger charge is 2.23. The van der Waals surface area contributed by atoms with Crippen molar-refractivity contribution < 1.29 is 23.9 Å². The first-order valence-electron chi connectivity index (χ1n) is 5.91. The second-order valence-electron chi connectivity index (χ2n) is 4.12. The largest absolute Gasteiger partial charge is 0.462 e. The van der Waals surface area contributed by atoms with E-state index in [1.807, 2.05) is 0 Å². The van der Waals surface area contributed by atoms with Crippen LogP contribution in [0.5, 0.6) is 0 Å². The quantitative estimate of drug-likeness (QED) is 0.818. The number of hydrogen-bond acceptors (Lipinski definition) is 5. The number of hydrogen-bond donors (Lipinski definition) is 1. The number of nitrogens with one attached hydrogen (secondary N) is 1. The number of carbonyl (C=O) groups is 3. The number of carbonyl (C=O) groups excluding carboxylic acids is 3. The maximum Gasteiger partial charge on any atom is 0.355 e. The summed E-state index contributed by atoms with van der Waals surface area (Å²) in [5.41, 5.74) is 1.49. The molecular formula is C13H17NO5. The average molecular weight is 267 g/mol. The first-order chi connectivity index (χ1) is 8.88. The summed E-state index contributed by atoms with van der Waals surface area (Å²) in [4.78, 5) is 37.1. The number of rotatable bonds is 5. The normalized spacial score (nSPS) is 10.1. The second-order valence-corrected chi connectivity index (χ2v) is 4.12. The third kappa shape index (κ3) is 3.43. The van der Waals surface area contributed by atoms with E-state index in [4.69, 9.17) is 9.47 Å². The predicted molar refractivity (Wildman–Crippen MR) is 67.2 cm³/mol. The van der Waals surface area contributed by atoms with E-state index in [0.29, 0.717) is 16.8 Å². The number of ether oxygens (including phenoxy) is 2. The fourth-order valence-corrected chi connectivity index (χ4v) is 1.70. The molecule has 0 aromatic carbocycles. The lowest BCUT2D eigenvalue weighted by Crippen LogP contribution is -2.13. The Labute approximate surface area is 111 Å². The molecule has 6 heteroatoms. The average Bonchev–Trinajstić information content (AvgIpc) is 2.62. The van der Waals surface area contributed by atoms with Crippen molar-refractivity contribution in [3.05, 3.63) is 22.5 Å². The Morgan fingerprint density at radius 3 is 2.26 bits per heavy atom. The van der Waals surface area contributed by atoms with E-state index in [1.54, 1.807) is 20.8 Å². The van der Waals surface area contributed by atoms with Crippen LogP contribution in [0, 0.1) is 13.8 Å². The molecule has 1 aromatic rings. The van der Waals surface area contributed by atoms with Gasteiger partial charge in [-0.1, -0.05) is 0 Å². The summed E-state index contributed by atoms with van der Waals surface area (Å²) in [6.07, 6.45) is 0. The minimum atomic E-state index is -0.661. The van der Waals surface area contributed by atoms with Crippen LogP contribution < -0.4 is 0 Å². The summed E-state index contributed by atoms with van der Waals surface area (Å²) in [7, 11) is 0. The fourth-order valence-electron chi connectivity index (χ4n) is 1.70. The van der Waals surface area contributed by atoms with Crippen molar-refractivity contribution in [2.45, 2.75) is 27.7 Å². The lowest BCUT2D eigenvalue weighted by atomic mass is 10.1. The van der Waals surface area contributed by atoms with E-state index in [-0.39, 0.29) is 24.7 Å². The van der Waals surface area contributed by atoms with Crippen LogP contribution in [0.15, 0.2) is 0 Å². The Bertz CT molecular complexity index is 515. The van der Waals surface area contributed by atoms with Gasteiger partial charge in [0.15, 0.2) is 5.78 Å². The van der Waals surface area contributed by atoms with Gasteiger partial charge in [0, 0.05) is 5.69 Å². The van der Waals surface area contributed by atoms with Gasteiger partial charge in [-0.05, 0) is 33.3 Å². The smallest absolute Gasteiger partial charge is 0.355 e. The number of ketones is 1. The number of Topliss-reactive ketones (excluding diaryl/α,β-unsaturated/α-hetero) is 1. The zero-order valence-corrected chi connectivity index (χ0v) is 11.5. The van der Waals surface area contributed by atoms with E-state index in [0.717, 1.165) is 0 Å². The van der Waals surface area contributed by atoms with Crippen molar-refractivity contribution in [3.63, 3.8) is 0 Å². The first-order valence-corrected chi connectivity index (χ1v) is 5.91. The first kappa shape index (κ1) is 14.9. The van der Waals surface area contributed by atoms with Crippen molar-refractivity contribution >= 4 is 17.7 Å². The maximum atomic E-state index is 11.8. The standard InChI is InChI=1S/C13H17NO5/c1-5-18-12(16)10-8(3)11(14-9(10)4)13(17)19-6-7(2)15/h14H,5-6H2,1-4H3. The summed E-state index contributed by atoms with van der Waals surface area (Å²) < 4.78 is 9.72. The zero-order chi connectivity index (χ0) is 14.6. The van der Waals surface area contributed by atoms with Crippen molar-refractivity contribution in [2.75, 3.05) is 13.2 Å². The molecule has 0 saturated carbocycles. The van der Waals surface area contributed by atoms with E-state index in [2.05, 4.69) is 4.98 Å². The van der Waals surface area contributed by atoms with E-state index < -0.39 is 11.9 Å². The number of aromatic nitrogens is 1. The van der Waals surface area contributed by atoms with Crippen LogP contribution in [0.3, 0.4) is 0 Å². The molecule has 0 aliphatic rings. The summed E-state index contributed by atoms with van der Waals surface area (Å²) in [6.45, 7) is 6.29. The van der Waals surface area contributed by atoms with Crippen LogP contribution in [0.1, 0.15) is 46.0 Å². The number of aromatic amines is 1. The molecule has 0 atom stereocenters. The molecule has 0 amide bonds. The van der Waals surface area contributed by atoms with Gasteiger partial charge in [-0.25, -0.2) is 9.59 Å². The molecule has 0 radical (unpaired) electrons. The molecule has 1 rings (SSSR count). The molecule has 0 aliphatic carbocycles. The molecule has 0 spiro atoms. The molecule has 0 fully saturated rings. The molecule has 0 unspecified atom stereocenters. The van der Waals surface area contributed by atoms with Gasteiger partial charge in [-0.3, -0.25) is 4.79 Å². The van der Waals surface area contributed by atoms with Gasteiger partial charge in [0.25, 0.3) is 0 Å². The lowest BCUT2D eigenvalue weighted by molar-refractivity contribution is -0.120. The van der Waals surface area contributed by atoms with Gasteiger partial charge in [-0.15, -0.1) is 0 Å². The van der Waals surface area contributed by atoms with Gasteiger partial charge in [0.2, 0.25) is 0 Å². The summed E-state index contributed by atoms with van der Waals surface area (Å²) in [6, 6.07) is 0. The third-order valence-corrected chi connectivity index (χ3v) is 2.53. The minimum Gasteiger partial charge on any atom is -0.462 e. The van der Waals surface area contributed by atoms with Crippen LogP contribution in [-0.2, 0) is 14.3 Å². The molecule has 1 heterocycles. The minimum absolute atomic E-state index is 0.168. The Kier molecular flexibility index (Phi) is 4.86. The van der Waals surface area contributed by atoms with Crippen LogP contribution in [0.4, 0.5) is 0 Å². The van der Waals surface area contributed by atoms with Crippen LogP contribution in [-0.4, -0.2) is 35.9 Å². The molecular weight excluding hydrogens is 250 g/mol. The zero-order valence-electron chi connectivity index (χ0n) is 11.5. The van der Waals surface area contributed by atoms with E-state index in [9.17, 15) is 14.4 Å². The molecule has 0 saturated heterocycles. The van der Waals surface area contributed by atoms with Crippen molar-refractivity contribution in [2.24, 2.45) is 0 Å². The number of aryl methyl sites for hydroxylation is 1. The molecule has 1 N–H and O–H groups in total. The fraction of sp³-hybridized carbons (Fsp3) is 0.462. The van der Waals surface area contributed by atoms with Gasteiger partial charge in [-0.2, -0.15) is 0 Å². The molecule has 1 aromatic heterocycles. The topological polar surface area (TPSA) is 85.5 Å². The highest BCUT2D eigenvalue weighted by atomic mass is 16.5. The van der Waals surface area contributed by atoms with Crippen LogP contribution in [0.25, 0.3) is 0 Å². The summed E-state index contributed by atoms with van der Waals surface area (Å²) in [5.74, 6) is -1.40. The van der Waals surface area contributed by atoms with Gasteiger partial charge in [0.05, 0.1) is 12.2 Å². The molecule has 0 aliphatic heterocycles. The van der Waals surface area contributed by atoms with Gasteiger partial charge >= 0.3 is 11.9 Å². The van der Waals surface area contributed by atoms with E-state index in [1.165, 1.54) is 6.92 Å². The molecule has 0 bridgehead atoms. The Hall–Kier alpha value is -2.11. The summed E-state index contributed by atoms with van der Waals surface area (Å²) >= 11 is 0. The highest BCUT2D eigenvalue weighted by Crippen LogP contribution is 2.19. The third-order valence-electron chi connectivity index (χ3n) is 2.53. The van der Waals surface area contributed by atoms with Crippen LogP contribution >= 0.6 is 0 Å². The Balaban J connectivity index is 2.99. The maximum absolute atomic E-state index is 11.8. The summed E-state index contributed by atoms with van der Waals surface area (Å²) in [5, 5.41) is 0. The van der Waals surface area contributed by atoms with E-state index >= 15 is 0 Å².